The molecule has 0 bridgehead atoms. The first kappa shape index (κ1) is 19.8. The molecule has 0 unspecified atom stereocenters. The molecule has 0 radical (unpaired) electrons. The fourth-order valence-corrected chi connectivity index (χ4v) is 3.15. The van der Waals surface area contributed by atoms with Crippen molar-refractivity contribution < 1.29 is 18.7 Å². The molecule has 3 rings (SSSR count). The van der Waals surface area contributed by atoms with Crippen molar-refractivity contribution in [3.63, 3.8) is 0 Å². The number of carbonyl (C=O) groups is 2. The Bertz CT molecular complexity index is 801. The standard InChI is InChI=1S/C21H24FN3O3/c1-28-21(27)17-4-2-16(3-5-17)14-23-20(26)15-24-10-12-25(13-11-24)19-8-6-18(22)7-9-19/h2-9H,10-15H2,1H3,(H,23,26). The van der Waals surface area contributed by atoms with Crippen LogP contribution in [-0.4, -0.2) is 56.6 Å². The van der Waals surface area contributed by atoms with E-state index in [0.717, 1.165) is 37.4 Å². The van der Waals surface area contributed by atoms with Crippen molar-refractivity contribution >= 4 is 17.6 Å². The molecule has 0 aliphatic carbocycles. The molecular formula is C21H24FN3O3. The minimum absolute atomic E-state index is 0.0349. The SMILES string of the molecule is COC(=O)c1ccc(CNC(=O)CN2CCN(c3ccc(F)cc3)CC2)cc1. The van der Waals surface area contributed by atoms with Crippen LogP contribution in [0.1, 0.15) is 15.9 Å². The van der Waals surface area contributed by atoms with Gasteiger partial charge in [-0.15, -0.1) is 0 Å². The van der Waals surface area contributed by atoms with E-state index in [1.54, 1.807) is 36.4 Å². The van der Waals surface area contributed by atoms with Gasteiger partial charge in [0.25, 0.3) is 0 Å². The molecule has 1 N–H and O–H groups in total. The minimum atomic E-state index is -0.379. The van der Waals surface area contributed by atoms with E-state index in [1.165, 1.54) is 19.2 Å². The number of hydrogen-bond donors (Lipinski definition) is 1. The summed E-state index contributed by atoms with van der Waals surface area (Å²) in [5.74, 6) is -0.651. The van der Waals surface area contributed by atoms with E-state index in [-0.39, 0.29) is 17.7 Å². The number of halogens is 1. The van der Waals surface area contributed by atoms with Crippen molar-refractivity contribution in [1.82, 2.24) is 10.2 Å². The molecule has 0 saturated carbocycles. The molecule has 1 heterocycles. The lowest BCUT2D eigenvalue weighted by Crippen LogP contribution is -2.49. The Hall–Kier alpha value is -2.93. The first-order chi connectivity index (χ1) is 13.5. The maximum absolute atomic E-state index is 13.0. The summed E-state index contributed by atoms with van der Waals surface area (Å²) in [7, 11) is 1.34. The quantitative estimate of drug-likeness (QED) is 0.772. The Balaban J connectivity index is 1.41. The summed E-state index contributed by atoms with van der Waals surface area (Å²) in [6.07, 6.45) is 0. The number of benzene rings is 2. The molecule has 1 saturated heterocycles. The van der Waals surface area contributed by atoms with E-state index in [2.05, 4.69) is 19.9 Å². The lowest BCUT2D eigenvalue weighted by Gasteiger charge is -2.35. The van der Waals surface area contributed by atoms with Gasteiger partial charge in [-0.2, -0.15) is 0 Å². The summed E-state index contributed by atoms with van der Waals surface area (Å²) in [5, 5.41) is 2.91. The third-order valence-corrected chi connectivity index (χ3v) is 4.80. The monoisotopic (exact) mass is 385 g/mol. The van der Waals surface area contributed by atoms with Gasteiger partial charge in [0.15, 0.2) is 0 Å². The average molecular weight is 385 g/mol. The maximum Gasteiger partial charge on any atom is 0.337 e. The number of nitrogens with zero attached hydrogens (tertiary/aromatic N) is 2. The lowest BCUT2D eigenvalue weighted by atomic mass is 10.1. The molecule has 7 heteroatoms. The van der Waals surface area contributed by atoms with Gasteiger partial charge in [-0.1, -0.05) is 12.1 Å². The van der Waals surface area contributed by atoms with Gasteiger partial charge in [0.1, 0.15) is 5.82 Å². The molecule has 2 aromatic rings. The summed E-state index contributed by atoms with van der Waals surface area (Å²) < 4.78 is 17.7. The van der Waals surface area contributed by atoms with Crippen molar-refractivity contribution in [2.24, 2.45) is 0 Å². The van der Waals surface area contributed by atoms with E-state index in [4.69, 9.17) is 0 Å². The second-order valence-electron chi connectivity index (χ2n) is 6.70. The zero-order valence-electron chi connectivity index (χ0n) is 15.9. The third kappa shape index (κ3) is 5.29. The molecule has 6 nitrogen and oxygen atoms in total. The summed E-state index contributed by atoms with van der Waals surface area (Å²) in [5.41, 5.74) is 2.40. The van der Waals surface area contributed by atoms with E-state index in [9.17, 15) is 14.0 Å². The van der Waals surface area contributed by atoms with E-state index < -0.39 is 0 Å². The van der Waals surface area contributed by atoms with Gasteiger partial charge in [0.2, 0.25) is 5.91 Å². The molecule has 1 aliphatic heterocycles. The van der Waals surface area contributed by atoms with Crippen LogP contribution < -0.4 is 10.2 Å². The molecule has 148 valence electrons. The number of carbonyl (C=O) groups excluding carboxylic acids is 2. The summed E-state index contributed by atoms with van der Waals surface area (Å²) in [6, 6.07) is 13.5. The van der Waals surface area contributed by atoms with E-state index in [0.29, 0.717) is 18.7 Å². The number of amides is 1. The van der Waals surface area contributed by atoms with E-state index in [1.807, 2.05) is 0 Å². The first-order valence-electron chi connectivity index (χ1n) is 9.22. The van der Waals surface area contributed by atoms with Crippen LogP contribution >= 0.6 is 0 Å². The molecule has 0 aromatic heterocycles. The Labute approximate surface area is 163 Å². The van der Waals surface area contributed by atoms with Crippen LogP contribution in [-0.2, 0) is 16.1 Å². The molecule has 0 atom stereocenters. The van der Waals surface area contributed by atoms with Crippen molar-refractivity contribution in [3.8, 4) is 0 Å². The number of rotatable bonds is 6. The van der Waals surface area contributed by atoms with Crippen molar-refractivity contribution in [3.05, 3.63) is 65.5 Å². The highest BCUT2D eigenvalue weighted by Crippen LogP contribution is 2.16. The Morgan fingerprint density at radius 3 is 2.25 bits per heavy atom. The number of hydrogen-bond acceptors (Lipinski definition) is 5. The number of piperazine rings is 1. The highest BCUT2D eigenvalue weighted by Gasteiger charge is 2.19. The normalized spacial score (nSPS) is 14.6. The highest BCUT2D eigenvalue weighted by molar-refractivity contribution is 5.89. The zero-order valence-corrected chi connectivity index (χ0v) is 15.9. The number of anilines is 1. The summed E-state index contributed by atoms with van der Waals surface area (Å²) >= 11 is 0. The van der Waals surface area contributed by atoms with Crippen LogP contribution in [0.15, 0.2) is 48.5 Å². The first-order valence-corrected chi connectivity index (χ1v) is 9.22. The smallest absolute Gasteiger partial charge is 0.337 e. The molecule has 0 spiro atoms. The summed E-state index contributed by atoms with van der Waals surface area (Å²) in [4.78, 5) is 27.9. The fraction of sp³-hybridized carbons (Fsp3) is 0.333. The van der Waals surface area contributed by atoms with E-state index >= 15 is 0 Å². The lowest BCUT2D eigenvalue weighted by molar-refractivity contribution is -0.122. The average Bonchev–Trinajstić information content (AvgIpc) is 2.73. The molecule has 1 fully saturated rings. The third-order valence-electron chi connectivity index (χ3n) is 4.80. The Morgan fingerprint density at radius 1 is 1.00 bits per heavy atom. The molecule has 1 aliphatic rings. The largest absolute Gasteiger partial charge is 0.465 e. The van der Waals surface area contributed by atoms with Crippen LogP contribution in [0.25, 0.3) is 0 Å². The Morgan fingerprint density at radius 2 is 1.64 bits per heavy atom. The molecule has 2 aromatic carbocycles. The number of methoxy groups -OCH3 is 1. The maximum atomic E-state index is 13.0. The predicted molar refractivity (Wildman–Crippen MR) is 105 cm³/mol. The minimum Gasteiger partial charge on any atom is -0.465 e. The zero-order chi connectivity index (χ0) is 19.9. The van der Waals surface area contributed by atoms with Crippen molar-refractivity contribution in [1.29, 1.82) is 0 Å². The van der Waals surface area contributed by atoms with Gasteiger partial charge in [0.05, 0.1) is 19.2 Å². The topological polar surface area (TPSA) is 61.9 Å². The predicted octanol–water partition coefficient (Wildman–Crippen LogP) is 2.05. The van der Waals surface area contributed by atoms with Crippen molar-refractivity contribution in [2.75, 3.05) is 44.7 Å². The number of esters is 1. The van der Waals surface area contributed by atoms with Gasteiger partial charge >= 0.3 is 5.97 Å². The molecule has 1 amide bonds. The Kier molecular flexibility index (Phi) is 6.60. The van der Waals surface area contributed by atoms with Gasteiger partial charge in [-0.3, -0.25) is 9.69 Å². The van der Waals surface area contributed by atoms with Crippen LogP contribution in [0.3, 0.4) is 0 Å². The highest BCUT2D eigenvalue weighted by atomic mass is 19.1. The van der Waals surface area contributed by atoms with Crippen LogP contribution in [0, 0.1) is 5.82 Å². The van der Waals surface area contributed by atoms with Crippen molar-refractivity contribution in [2.45, 2.75) is 6.54 Å². The number of nitrogens with one attached hydrogen (secondary N) is 1. The fourth-order valence-electron chi connectivity index (χ4n) is 3.15. The van der Waals surface area contributed by atoms with Crippen LogP contribution in [0.5, 0.6) is 0 Å². The second kappa shape index (κ2) is 9.32. The van der Waals surface area contributed by atoms with Gasteiger partial charge < -0.3 is 15.0 Å². The second-order valence-corrected chi connectivity index (χ2v) is 6.70. The van der Waals surface area contributed by atoms with Gasteiger partial charge in [-0.25, -0.2) is 9.18 Å². The number of ether oxygens (including phenoxy) is 1. The van der Waals surface area contributed by atoms with Crippen LogP contribution in [0.2, 0.25) is 0 Å². The summed E-state index contributed by atoms with van der Waals surface area (Å²) in [6.45, 7) is 3.91. The molecular weight excluding hydrogens is 361 g/mol. The van der Waals surface area contributed by atoms with Crippen LogP contribution in [0.4, 0.5) is 10.1 Å². The van der Waals surface area contributed by atoms with Gasteiger partial charge in [-0.05, 0) is 42.0 Å². The molecule has 28 heavy (non-hydrogen) atoms. The van der Waals surface area contributed by atoms with Gasteiger partial charge in [0, 0.05) is 38.4 Å².